The van der Waals surface area contributed by atoms with Gasteiger partial charge < -0.3 is 14.6 Å². The van der Waals surface area contributed by atoms with Crippen LogP contribution in [0.5, 0.6) is 0 Å². The molecule has 0 spiro atoms. The van der Waals surface area contributed by atoms with Gasteiger partial charge in [-0.2, -0.15) is 0 Å². The first-order valence-corrected chi connectivity index (χ1v) is 8.63. The summed E-state index contributed by atoms with van der Waals surface area (Å²) in [6.45, 7) is 6.02. The zero-order chi connectivity index (χ0) is 18.4. The van der Waals surface area contributed by atoms with E-state index in [0.717, 1.165) is 16.6 Å². The van der Waals surface area contributed by atoms with E-state index in [1.165, 1.54) is 4.90 Å². The average molecular weight is 345 g/mol. The molecule has 0 aliphatic carbocycles. The Labute approximate surface area is 148 Å². The quantitative estimate of drug-likeness (QED) is 0.830. The molecule has 2 aromatic heterocycles. The van der Waals surface area contributed by atoms with Crippen molar-refractivity contribution in [2.45, 2.75) is 52.1 Å². The number of aromatic nitrogens is 2. The van der Waals surface area contributed by atoms with Crippen LogP contribution in [-0.4, -0.2) is 45.9 Å². The molecule has 0 atom stereocenters. The molecule has 0 radical (unpaired) electrons. The van der Waals surface area contributed by atoms with Crippen LogP contribution < -0.4 is 0 Å². The molecule has 0 aliphatic heterocycles. The Morgan fingerprint density at radius 3 is 2.72 bits per heavy atom. The number of hydrogen-bond donors (Lipinski definition) is 1. The summed E-state index contributed by atoms with van der Waals surface area (Å²) < 4.78 is 5.29. The second-order valence-electron chi connectivity index (χ2n) is 7.25. The predicted octanol–water partition coefficient (Wildman–Crippen LogP) is 3.71. The minimum atomic E-state index is -0.505. The van der Waals surface area contributed by atoms with E-state index in [-0.39, 0.29) is 11.9 Å². The van der Waals surface area contributed by atoms with Crippen LogP contribution in [0.2, 0.25) is 0 Å². The van der Waals surface area contributed by atoms with Crippen LogP contribution in [-0.2, 0) is 16.0 Å². The average Bonchev–Trinajstić information content (AvgIpc) is 3.00. The number of hydrogen-bond acceptors (Lipinski definition) is 4. The maximum Gasteiger partial charge on any atom is 0.410 e. The van der Waals surface area contributed by atoms with Gasteiger partial charge in [0.1, 0.15) is 17.0 Å². The third-order valence-electron chi connectivity index (χ3n) is 3.88. The number of nitrogens with zero attached hydrogens (tertiary/aromatic N) is 2. The van der Waals surface area contributed by atoms with Crippen LogP contribution in [0.1, 0.15) is 45.6 Å². The van der Waals surface area contributed by atoms with Gasteiger partial charge in [-0.1, -0.05) is 0 Å². The van der Waals surface area contributed by atoms with Crippen molar-refractivity contribution in [2.24, 2.45) is 0 Å². The third-order valence-corrected chi connectivity index (χ3v) is 3.88. The zero-order valence-corrected chi connectivity index (χ0v) is 15.5. The summed E-state index contributed by atoms with van der Waals surface area (Å²) in [5.74, 6) is 0.207. The van der Waals surface area contributed by atoms with Gasteiger partial charge in [-0.15, -0.1) is 0 Å². The molecular weight excluding hydrogens is 318 g/mol. The van der Waals surface area contributed by atoms with Crippen molar-refractivity contribution in [3.05, 3.63) is 30.1 Å². The van der Waals surface area contributed by atoms with E-state index < -0.39 is 5.60 Å². The summed E-state index contributed by atoms with van der Waals surface area (Å²) in [5, 5.41) is 1.07. The van der Waals surface area contributed by atoms with E-state index in [1.807, 2.05) is 39.1 Å². The Hall–Kier alpha value is -2.37. The molecule has 0 fully saturated rings. The highest BCUT2D eigenvalue weighted by Gasteiger charge is 2.19. The van der Waals surface area contributed by atoms with E-state index in [1.54, 1.807) is 13.2 Å². The second-order valence-corrected chi connectivity index (χ2v) is 7.25. The Bertz CT molecular complexity index is 731. The number of aromatic amines is 1. The number of carbonyl (C=O) groups is 2. The van der Waals surface area contributed by atoms with Crippen molar-refractivity contribution in [1.82, 2.24) is 14.9 Å². The fraction of sp³-hybridized carbons (Fsp3) is 0.526. The lowest BCUT2D eigenvalue weighted by Crippen LogP contribution is -2.34. The molecule has 0 unspecified atom stereocenters. The Morgan fingerprint density at radius 2 is 2.00 bits per heavy atom. The first-order chi connectivity index (χ1) is 11.8. The number of ketones is 1. The summed E-state index contributed by atoms with van der Waals surface area (Å²) in [5.41, 5.74) is 1.48. The summed E-state index contributed by atoms with van der Waals surface area (Å²) in [4.78, 5) is 32.8. The maximum atomic E-state index is 12.1. The number of Topliss-reactive ketones (excluding diaryl/α,β-unsaturated/α-hetero) is 1. The van der Waals surface area contributed by atoms with Gasteiger partial charge in [-0.05, 0) is 51.3 Å². The van der Waals surface area contributed by atoms with Crippen LogP contribution in [0.15, 0.2) is 24.5 Å². The third kappa shape index (κ3) is 5.89. The fourth-order valence-electron chi connectivity index (χ4n) is 2.58. The van der Waals surface area contributed by atoms with Crippen molar-refractivity contribution in [3.63, 3.8) is 0 Å². The molecule has 25 heavy (non-hydrogen) atoms. The summed E-state index contributed by atoms with van der Waals surface area (Å²) >= 11 is 0. The van der Waals surface area contributed by atoms with Crippen LogP contribution in [0, 0.1) is 0 Å². The highest BCUT2D eigenvalue weighted by molar-refractivity contribution is 5.82. The fourth-order valence-corrected chi connectivity index (χ4v) is 2.58. The number of carbonyl (C=O) groups excluding carboxylic acids is 2. The molecule has 0 saturated carbocycles. The number of H-pyrrole nitrogens is 1. The number of pyridine rings is 1. The van der Waals surface area contributed by atoms with Gasteiger partial charge in [-0.25, -0.2) is 9.78 Å². The van der Waals surface area contributed by atoms with Gasteiger partial charge in [0.25, 0.3) is 0 Å². The number of rotatable bonds is 7. The number of amides is 1. The molecule has 6 heteroatoms. The molecular formula is C19H27N3O3. The first-order valence-electron chi connectivity index (χ1n) is 8.63. The molecule has 6 nitrogen and oxygen atoms in total. The van der Waals surface area contributed by atoms with Gasteiger partial charge in [0.05, 0.1) is 0 Å². The highest BCUT2D eigenvalue weighted by Crippen LogP contribution is 2.17. The highest BCUT2D eigenvalue weighted by atomic mass is 16.6. The van der Waals surface area contributed by atoms with Gasteiger partial charge in [-0.3, -0.25) is 4.79 Å². The van der Waals surface area contributed by atoms with Crippen molar-refractivity contribution < 1.29 is 14.3 Å². The van der Waals surface area contributed by atoms with Crippen molar-refractivity contribution in [2.75, 3.05) is 13.6 Å². The SMILES string of the molecule is CN(CCCC(=O)CCc1ccnc2[nH]ccc12)C(=O)OC(C)(C)C. The molecule has 0 saturated heterocycles. The van der Waals surface area contributed by atoms with Crippen LogP contribution in [0.3, 0.4) is 0 Å². The second kappa shape index (κ2) is 8.14. The lowest BCUT2D eigenvalue weighted by Gasteiger charge is -2.24. The number of fused-ring (bicyclic) bond motifs is 1. The zero-order valence-electron chi connectivity index (χ0n) is 15.5. The van der Waals surface area contributed by atoms with Gasteiger partial charge >= 0.3 is 6.09 Å². The van der Waals surface area contributed by atoms with Gasteiger partial charge in [0, 0.05) is 44.2 Å². The standard InChI is InChI=1S/C19H27N3O3/c1-19(2,3)25-18(24)22(4)13-5-6-15(23)8-7-14-9-11-20-17-16(14)10-12-21-17/h9-12H,5-8,13H2,1-4H3,(H,20,21). The van der Waals surface area contributed by atoms with E-state index in [0.29, 0.717) is 32.2 Å². The summed E-state index contributed by atoms with van der Waals surface area (Å²) in [6.07, 6.45) is 5.58. The lowest BCUT2D eigenvalue weighted by molar-refractivity contribution is -0.119. The number of aryl methyl sites for hydroxylation is 1. The Balaban J connectivity index is 1.72. The minimum Gasteiger partial charge on any atom is -0.444 e. The van der Waals surface area contributed by atoms with Crippen LogP contribution in [0.4, 0.5) is 4.79 Å². The van der Waals surface area contributed by atoms with E-state index in [2.05, 4.69) is 9.97 Å². The Morgan fingerprint density at radius 1 is 1.24 bits per heavy atom. The van der Waals surface area contributed by atoms with Crippen molar-refractivity contribution >= 4 is 22.9 Å². The first kappa shape index (κ1) is 19.0. The molecule has 2 heterocycles. The van der Waals surface area contributed by atoms with Crippen molar-refractivity contribution in [1.29, 1.82) is 0 Å². The van der Waals surface area contributed by atoms with Gasteiger partial charge in [0.15, 0.2) is 0 Å². The normalized spacial score (nSPS) is 11.5. The molecule has 1 N–H and O–H groups in total. The van der Waals surface area contributed by atoms with Crippen LogP contribution in [0.25, 0.3) is 11.0 Å². The molecule has 2 rings (SSSR count). The van der Waals surface area contributed by atoms with E-state index in [9.17, 15) is 9.59 Å². The maximum absolute atomic E-state index is 12.1. The van der Waals surface area contributed by atoms with Crippen LogP contribution >= 0.6 is 0 Å². The smallest absolute Gasteiger partial charge is 0.410 e. The molecule has 0 aromatic carbocycles. The predicted molar refractivity (Wildman–Crippen MR) is 97.5 cm³/mol. The summed E-state index contributed by atoms with van der Waals surface area (Å²) in [7, 11) is 1.69. The van der Waals surface area contributed by atoms with E-state index in [4.69, 9.17) is 4.74 Å². The molecule has 2 aromatic rings. The van der Waals surface area contributed by atoms with Gasteiger partial charge in [0.2, 0.25) is 0 Å². The molecule has 136 valence electrons. The summed E-state index contributed by atoms with van der Waals surface area (Å²) in [6, 6.07) is 3.94. The molecule has 1 amide bonds. The Kier molecular flexibility index (Phi) is 6.17. The molecule has 0 bridgehead atoms. The minimum absolute atomic E-state index is 0.207. The monoisotopic (exact) mass is 345 g/mol. The lowest BCUT2D eigenvalue weighted by atomic mass is 10.0. The van der Waals surface area contributed by atoms with E-state index >= 15 is 0 Å². The largest absolute Gasteiger partial charge is 0.444 e. The number of nitrogens with one attached hydrogen (secondary N) is 1. The topological polar surface area (TPSA) is 75.3 Å². The molecule has 0 aliphatic rings. The number of ether oxygens (including phenoxy) is 1. The van der Waals surface area contributed by atoms with Crippen molar-refractivity contribution in [3.8, 4) is 0 Å².